The fraction of sp³-hybridized carbons (Fsp3) is 0.370. The minimum atomic E-state index is 0.0716. The molecule has 5 rings (SSSR count). The first-order valence-corrected chi connectivity index (χ1v) is 11.2. The van der Waals surface area contributed by atoms with Gasteiger partial charge in [-0.15, -0.1) is 0 Å². The molecule has 0 radical (unpaired) electrons. The fourth-order valence-corrected chi connectivity index (χ4v) is 5.20. The molecule has 154 valence electrons. The van der Waals surface area contributed by atoms with Crippen LogP contribution in [0.1, 0.15) is 47.7 Å². The lowest BCUT2D eigenvalue weighted by Crippen LogP contribution is -2.38. The van der Waals surface area contributed by atoms with Crippen LogP contribution in [-0.4, -0.2) is 25.0 Å². The van der Waals surface area contributed by atoms with Crippen LogP contribution in [0.2, 0.25) is 0 Å². The van der Waals surface area contributed by atoms with Crippen molar-refractivity contribution in [2.45, 2.75) is 45.6 Å². The number of hydrogen-bond donors (Lipinski definition) is 1. The lowest BCUT2D eigenvalue weighted by Gasteiger charge is -2.35. The van der Waals surface area contributed by atoms with Crippen molar-refractivity contribution in [2.24, 2.45) is 5.41 Å². The molecule has 1 saturated heterocycles. The molecule has 1 saturated carbocycles. The molecule has 1 spiro atoms. The Bertz CT molecular complexity index is 1090. The smallest absolute Gasteiger partial charge is 0.252 e. The van der Waals surface area contributed by atoms with E-state index in [1.54, 1.807) is 0 Å². The van der Waals surface area contributed by atoms with E-state index in [1.807, 2.05) is 30.3 Å². The lowest BCUT2D eigenvalue weighted by atomic mass is 9.92. The number of carbonyl (C=O) groups excluding carboxylic acids is 1. The van der Waals surface area contributed by atoms with E-state index in [1.165, 1.54) is 16.8 Å². The third kappa shape index (κ3) is 3.47. The maximum Gasteiger partial charge on any atom is 0.252 e. The molecule has 1 N–H and O–H groups in total. The number of nitrogens with one attached hydrogen (secondary N) is 1. The van der Waals surface area contributed by atoms with Crippen molar-refractivity contribution < 1.29 is 4.79 Å². The van der Waals surface area contributed by atoms with E-state index < -0.39 is 0 Å². The van der Waals surface area contributed by atoms with Crippen molar-refractivity contribution >= 4 is 22.4 Å². The molecule has 2 fully saturated rings. The average molecular weight is 399 g/mol. The van der Waals surface area contributed by atoms with Gasteiger partial charge in [0.1, 0.15) is 0 Å². The molecule has 3 nitrogen and oxygen atoms in total. The van der Waals surface area contributed by atoms with Gasteiger partial charge in [-0.2, -0.15) is 0 Å². The SMILES string of the molecule is CCc1cc(C)cc(N2CCC3(CC2)CC3NC(=O)c2cccc3ccccc23)c1. The Hall–Kier alpha value is -2.81. The molecule has 2 aliphatic rings. The van der Waals surface area contributed by atoms with E-state index in [-0.39, 0.29) is 5.91 Å². The van der Waals surface area contributed by atoms with Gasteiger partial charge in [0.25, 0.3) is 5.91 Å². The Morgan fingerprint density at radius 3 is 2.63 bits per heavy atom. The van der Waals surface area contributed by atoms with Crippen molar-refractivity contribution in [3.8, 4) is 0 Å². The summed E-state index contributed by atoms with van der Waals surface area (Å²) in [6.07, 6.45) is 4.51. The largest absolute Gasteiger partial charge is 0.371 e. The second-order valence-corrected chi connectivity index (χ2v) is 9.14. The molecule has 3 aromatic carbocycles. The van der Waals surface area contributed by atoms with E-state index in [0.717, 1.165) is 55.1 Å². The summed E-state index contributed by atoms with van der Waals surface area (Å²) in [5.74, 6) is 0.0716. The summed E-state index contributed by atoms with van der Waals surface area (Å²) >= 11 is 0. The fourth-order valence-electron chi connectivity index (χ4n) is 5.20. The quantitative estimate of drug-likeness (QED) is 0.629. The summed E-state index contributed by atoms with van der Waals surface area (Å²) in [7, 11) is 0. The Balaban J connectivity index is 1.24. The van der Waals surface area contributed by atoms with Gasteiger partial charge in [-0.05, 0) is 78.1 Å². The van der Waals surface area contributed by atoms with Crippen LogP contribution in [0.5, 0.6) is 0 Å². The van der Waals surface area contributed by atoms with E-state index in [9.17, 15) is 4.79 Å². The number of hydrogen-bond acceptors (Lipinski definition) is 2. The third-order valence-electron chi connectivity index (χ3n) is 7.18. The standard InChI is InChI=1S/C27H30N2O/c1-3-20-15-19(2)16-22(17-20)29-13-11-27(12-14-29)18-25(27)28-26(30)24-10-6-8-21-7-4-5-9-23(21)24/h4-10,15-17,25H,3,11-14,18H2,1-2H3,(H,28,30). The summed E-state index contributed by atoms with van der Waals surface area (Å²) in [5, 5.41) is 5.50. The van der Waals surface area contributed by atoms with Gasteiger partial charge in [-0.1, -0.05) is 49.4 Å². The predicted molar refractivity (Wildman–Crippen MR) is 124 cm³/mol. The summed E-state index contributed by atoms with van der Waals surface area (Å²) in [5.41, 5.74) is 5.21. The van der Waals surface area contributed by atoms with Crippen molar-refractivity contribution in [3.63, 3.8) is 0 Å². The molecule has 1 heterocycles. The first-order valence-electron chi connectivity index (χ1n) is 11.2. The predicted octanol–water partition coefficient (Wildman–Crippen LogP) is 5.50. The number of piperidine rings is 1. The van der Waals surface area contributed by atoms with Crippen LogP contribution >= 0.6 is 0 Å². The molecule has 3 aromatic rings. The second kappa shape index (κ2) is 7.46. The minimum Gasteiger partial charge on any atom is -0.371 e. The van der Waals surface area contributed by atoms with Crippen LogP contribution < -0.4 is 10.2 Å². The summed E-state index contributed by atoms with van der Waals surface area (Å²) < 4.78 is 0. The van der Waals surface area contributed by atoms with Crippen LogP contribution in [0.15, 0.2) is 60.7 Å². The van der Waals surface area contributed by atoms with Gasteiger partial charge >= 0.3 is 0 Å². The number of anilines is 1. The van der Waals surface area contributed by atoms with E-state index >= 15 is 0 Å². The number of rotatable bonds is 4. The Kier molecular flexibility index (Phi) is 4.77. The highest BCUT2D eigenvalue weighted by molar-refractivity contribution is 6.07. The number of fused-ring (bicyclic) bond motifs is 1. The number of benzene rings is 3. The summed E-state index contributed by atoms with van der Waals surface area (Å²) in [6, 6.07) is 21.4. The van der Waals surface area contributed by atoms with Crippen molar-refractivity contribution in [1.82, 2.24) is 5.32 Å². The van der Waals surface area contributed by atoms with Crippen LogP contribution in [0.25, 0.3) is 10.8 Å². The highest BCUT2D eigenvalue weighted by Crippen LogP contribution is 2.54. The van der Waals surface area contributed by atoms with Gasteiger partial charge in [0.15, 0.2) is 0 Å². The maximum absolute atomic E-state index is 13.0. The molecule has 1 atom stereocenters. The molecule has 3 heteroatoms. The van der Waals surface area contributed by atoms with E-state index in [4.69, 9.17) is 0 Å². The average Bonchev–Trinajstić information content (AvgIpc) is 3.43. The van der Waals surface area contributed by atoms with E-state index in [2.05, 4.69) is 54.4 Å². The zero-order valence-electron chi connectivity index (χ0n) is 17.9. The third-order valence-corrected chi connectivity index (χ3v) is 7.18. The highest BCUT2D eigenvalue weighted by atomic mass is 16.1. The molecule has 1 unspecified atom stereocenters. The van der Waals surface area contributed by atoms with Crippen LogP contribution in [0.4, 0.5) is 5.69 Å². The zero-order valence-corrected chi connectivity index (χ0v) is 17.9. The Morgan fingerprint density at radius 1 is 1.07 bits per heavy atom. The second-order valence-electron chi connectivity index (χ2n) is 9.14. The zero-order chi connectivity index (χ0) is 20.7. The van der Waals surface area contributed by atoms with Gasteiger partial charge in [0, 0.05) is 30.4 Å². The van der Waals surface area contributed by atoms with Gasteiger partial charge in [0.2, 0.25) is 0 Å². The highest BCUT2D eigenvalue weighted by Gasteiger charge is 2.55. The summed E-state index contributed by atoms with van der Waals surface area (Å²) in [6.45, 7) is 6.56. The van der Waals surface area contributed by atoms with Crippen LogP contribution in [-0.2, 0) is 6.42 Å². The van der Waals surface area contributed by atoms with E-state index in [0.29, 0.717) is 11.5 Å². The molecular formula is C27H30N2O. The van der Waals surface area contributed by atoms with Gasteiger partial charge in [-0.25, -0.2) is 0 Å². The normalized spacial score (nSPS) is 19.8. The Labute approximate surface area is 179 Å². The molecule has 1 aliphatic heterocycles. The number of nitrogens with zero attached hydrogens (tertiary/aromatic N) is 1. The van der Waals surface area contributed by atoms with Crippen LogP contribution in [0.3, 0.4) is 0 Å². The number of carbonyl (C=O) groups is 1. The molecule has 1 aliphatic carbocycles. The van der Waals surface area contributed by atoms with Crippen molar-refractivity contribution in [3.05, 3.63) is 77.4 Å². The maximum atomic E-state index is 13.0. The number of aryl methyl sites for hydroxylation is 2. The topological polar surface area (TPSA) is 32.3 Å². The van der Waals surface area contributed by atoms with Crippen LogP contribution in [0, 0.1) is 12.3 Å². The molecule has 0 aromatic heterocycles. The lowest BCUT2D eigenvalue weighted by molar-refractivity contribution is 0.0945. The first-order chi connectivity index (χ1) is 14.6. The van der Waals surface area contributed by atoms with Crippen molar-refractivity contribution in [2.75, 3.05) is 18.0 Å². The molecule has 1 amide bonds. The van der Waals surface area contributed by atoms with Gasteiger partial charge < -0.3 is 10.2 Å². The van der Waals surface area contributed by atoms with Gasteiger partial charge in [0.05, 0.1) is 0 Å². The summed E-state index contributed by atoms with van der Waals surface area (Å²) in [4.78, 5) is 15.5. The van der Waals surface area contributed by atoms with Gasteiger partial charge in [-0.3, -0.25) is 4.79 Å². The minimum absolute atomic E-state index is 0.0716. The Morgan fingerprint density at radius 2 is 1.83 bits per heavy atom. The molecular weight excluding hydrogens is 368 g/mol. The molecule has 0 bridgehead atoms. The first kappa shape index (κ1) is 19.2. The molecule has 30 heavy (non-hydrogen) atoms. The number of amides is 1. The van der Waals surface area contributed by atoms with Crippen molar-refractivity contribution in [1.29, 1.82) is 0 Å². The monoisotopic (exact) mass is 398 g/mol.